The number of hydrogen-bond acceptors (Lipinski definition) is 4. The third-order valence-electron chi connectivity index (χ3n) is 10.0. The van der Waals surface area contributed by atoms with E-state index in [0.29, 0.717) is 18.7 Å². The monoisotopic (exact) mass is 501 g/mol. The van der Waals surface area contributed by atoms with Gasteiger partial charge in [-0.05, 0) is 131 Å². The van der Waals surface area contributed by atoms with Crippen molar-refractivity contribution in [3.63, 3.8) is 0 Å². The first-order valence-electron chi connectivity index (χ1n) is 14.3. The van der Waals surface area contributed by atoms with Crippen LogP contribution >= 0.6 is 0 Å². The van der Waals surface area contributed by atoms with E-state index in [4.69, 9.17) is 0 Å². The summed E-state index contributed by atoms with van der Waals surface area (Å²) in [6.45, 7) is 4.73. The van der Waals surface area contributed by atoms with Crippen molar-refractivity contribution in [2.24, 2.45) is 17.8 Å². The number of benzene rings is 2. The van der Waals surface area contributed by atoms with Gasteiger partial charge in [-0.15, -0.1) is 0 Å². The Morgan fingerprint density at radius 1 is 1.03 bits per heavy atom. The number of carbonyl (C=O) groups excluding carboxylic acids is 1. The molecule has 4 fully saturated rings. The average molecular weight is 502 g/mol. The van der Waals surface area contributed by atoms with Crippen molar-refractivity contribution >= 4 is 5.91 Å². The second kappa shape index (κ2) is 9.43. The number of phenolic OH excluding ortho intramolecular Hbond substituents is 1. The first-order chi connectivity index (χ1) is 17.7. The van der Waals surface area contributed by atoms with Crippen LogP contribution in [0.15, 0.2) is 36.4 Å². The van der Waals surface area contributed by atoms with Crippen LogP contribution in [0, 0.1) is 31.6 Å². The van der Waals surface area contributed by atoms with Crippen molar-refractivity contribution < 1.29 is 9.90 Å². The van der Waals surface area contributed by atoms with Gasteiger partial charge in [0.1, 0.15) is 5.75 Å². The second-order valence-electron chi connectivity index (χ2n) is 13.0. The maximum Gasteiger partial charge on any atom is 0.241 e. The molecule has 0 spiro atoms. The van der Waals surface area contributed by atoms with Gasteiger partial charge in [-0.1, -0.05) is 24.3 Å². The molecule has 1 heterocycles. The van der Waals surface area contributed by atoms with E-state index in [0.717, 1.165) is 40.9 Å². The highest BCUT2D eigenvalue weighted by molar-refractivity contribution is 5.83. The van der Waals surface area contributed by atoms with Gasteiger partial charge < -0.3 is 10.0 Å². The van der Waals surface area contributed by atoms with Crippen LogP contribution in [0.5, 0.6) is 5.75 Å². The summed E-state index contributed by atoms with van der Waals surface area (Å²) in [5.41, 5.74) is 6.10. The highest BCUT2D eigenvalue weighted by Crippen LogP contribution is 2.56. The van der Waals surface area contributed by atoms with Gasteiger partial charge in [-0.25, -0.2) is 0 Å². The van der Waals surface area contributed by atoms with Crippen LogP contribution in [0.25, 0.3) is 0 Å². The lowest BCUT2D eigenvalue weighted by atomic mass is 9.53. The van der Waals surface area contributed by atoms with E-state index in [-0.39, 0.29) is 23.7 Å². The lowest BCUT2D eigenvalue weighted by Crippen LogP contribution is -2.66. The van der Waals surface area contributed by atoms with Gasteiger partial charge in [0.15, 0.2) is 0 Å². The van der Waals surface area contributed by atoms with Crippen molar-refractivity contribution in [1.29, 1.82) is 0 Å². The fourth-order valence-electron chi connectivity index (χ4n) is 8.69. The molecule has 5 aliphatic rings. The Morgan fingerprint density at radius 2 is 1.59 bits per heavy atom. The number of carbonyl (C=O) groups is 1. The fourth-order valence-corrected chi connectivity index (χ4v) is 8.69. The molecule has 5 nitrogen and oxygen atoms in total. The predicted octanol–water partition coefficient (Wildman–Crippen LogP) is 4.95. The van der Waals surface area contributed by atoms with Gasteiger partial charge in [0.2, 0.25) is 5.91 Å². The van der Waals surface area contributed by atoms with E-state index in [9.17, 15) is 9.90 Å². The number of likely N-dealkylation sites (N-methyl/N-ethyl adjacent to an activating group) is 1. The second-order valence-corrected chi connectivity index (χ2v) is 13.0. The summed E-state index contributed by atoms with van der Waals surface area (Å²) in [5.74, 6) is 3.10. The van der Waals surface area contributed by atoms with Crippen LogP contribution in [-0.2, 0) is 24.2 Å². The SMILES string of the molecule is Cc1cc(O)cc(C)c1C[C@@H](C(=O)N1Cc2ccccc2CC1NC12CC3CC(CC(C3)C1)C2)N(C)C. The Morgan fingerprint density at radius 3 is 2.16 bits per heavy atom. The zero-order valence-electron chi connectivity index (χ0n) is 23.0. The molecule has 2 aromatic carbocycles. The van der Waals surface area contributed by atoms with E-state index in [1.807, 2.05) is 40.1 Å². The molecule has 198 valence electrons. The van der Waals surface area contributed by atoms with Gasteiger partial charge in [0, 0.05) is 18.5 Å². The minimum Gasteiger partial charge on any atom is -0.508 e. The molecule has 7 rings (SSSR count). The molecule has 5 heteroatoms. The minimum absolute atomic E-state index is 0.0307. The van der Waals surface area contributed by atoms with E-state index in [2.05, 4.69) is 39.4 Å². The first-order valence-corrected chi connectivity index (χ1v) is 14.3. The smallest absolute Gasteiger partial charge is 0.241 e. The van der Waals surface area contributed by atoms with Crippen LogP contribution < -0.4 is 5.32 Å². The molecule has 4 bridgehead atoms. The predicted molar refractivity (Wildman–Crippen MR) is 147 cm³/mol. The van der Waals surface area contributed by atoms with Gasteiger partial charge >= 0.3 is 0 Å². The zero-order valence-corrected chi connectivity index (χ0v) is 23.0. The highest BCUT2D eigenvalue weighted by Gasteiger charge is 2.52. The Balaban J connectivity index is 1.30. The van der Waals surface area contributed by atoms with Crippen LogP contribution in [0.4, 0.5) is 0 Å². The Hall–Kier alpha value is -2.37. The first kappa shape index (κ1) is 24.9. The van der Waals surface area contributed by atoms with Crippen molar-refractivity contribution in [2.75, 3.05) is 14.1 Å². The van der Waals surface area contributed by atoms with Crippen LogP contribution in [0.1, 0.15) is 66.3 Å². The lowest BCUT2D eigenvalue weighted by Gasteiger charge is -2.59. The number of aryl methyl sites for hydroxylation is 2. The number of aromatic hydroxyl groups is 1. The van der Waals surface area contributed by atoms with Crippen molar-refractivity contribution in [3.05, 3.63) is 64.2 Å². The number of nitrogens with one attached hydrogen (secondary N) is 1. The van der Waals surface area contributed by atoms with Gasteiger partial charge in [0.25, 0.3) is 0 Å². The van der Waals surface area contributed by atoms with Crippen molar-refractivity contribution in [3.8, 4) is 5.75 Å². The molecule has 0 aromatic heterocycles. The molecule has 2 N–H and O–H groups in total. The summed E-state index contributed by atoms with van der Waals surface area (Å²) in [5, 5.41) is 14.2. The number of phenols is 1. The standard InChI is InChI=1S/C32H43N3O2/c1-20-9-27(36)10-21(2)28(20)15-29(34(3)4)31(37)35-19-26-8-6-5-7-25(26)14-30(35)33-32-16-22-11-23(17-32)13-24(12-22)18-32/h5-10,22-24,29-30,33,36H,11-19H2,1-4H3/t22?,23?,24?,29-,30?,32?/m0/s1. The topological polar surface area (TPSA) is 55.8 Å². The summed E-state index contributed by atoms with van der Waals surface area (Å²) >= 11 is 0. The molecule has 2 atom stereocenters. The Bertz CT molecular complexity index is 1130. The van der Waals surface area contributed by atoms with Gasteiger partial charge in [0.05, 0.1) is 12.2 Å². The number of fused-ring (bicyclic) bond motifs is 1. The maximum absolute atomic E-state index is 14.4. The normalized spacial score (nSPS) is 31.0. The summed E-state index contributed by atoms with van der Waals surface area (Å²) in [4.78, 5) is 18.7. The summed E-state index contributed by atoms with van der Waals surface area (Å²) in [7, 11) is 4.04. The molecule has 4 aliphatic carbocycles. The van der Waals surface area contributed by atoms with Crippen LogP contribution in [0.3, 0.4) is 0 Å². The van der Waals surface area contributed by atoms with Crippen LogP contribution in [0.2, 0.25) is 0 Å². The number of hydrogen-bond donors (Lipinski definition) is 2. The molecular weight excluding hydrogens is 458 g/mol. The third-order valence-corrected chi connectivity index (χ3v) is 10.0. The molecule has 1 aliphatic heterocycles. The van der Waals surface area contributed by atoms with Gasteiger partial charge in [-0.3, -0.25) is 15.0 Å². The van der Waals surface area contributed by atoms with Crippen molar-refractivity contribution in [1.82, 2.24) is 15.1 Å². The number of rotatable bonds is 6. The third kappa shape index (κ3) is 4.70. The molecule has 0 radical (unpaired) electrons. The molecular formula is C32H43N3O2. The van der Waals surface area contributed by atoms with Crippen molar-refractivity contribution in [2.45, 2.75) is 89.5 Å². The minimum atomic E-state index is -0.257. The highest BCUT2D eigenvalue weighted by atomic mass is 16.3. The Labute approximate surface area is 222 Å². The summed E-state index contributed by atoms with van der Waals surface area (Å²) in [6.07, 6.45) is 9.66. The maximum atomic E-state index is 14.4. The van der Waals surface area contributed by atoms with E-state index in [1.54, 1.807) is 0 Å². The average Bonchev–Trinajstić information content (AvgIpc) is 2.81. The fraction of sp³-hybridized carbons (Fsp3) is 0.594. The van der Waals surface area contributed by atoms with E-state index >= 15 is 0 Å². The quantitative estimate of drug-likeness (QED) is 0.588. The lowest BCUT2D eigenvalue weighted by molar-refractivity contribution is -0.142. The molecule has 0 saturated heterocycles. The Kier molecular flexibility index (Phi) is 6.35. The molecule has 4 saturated carbocycles. The molecule has 37 heavy (non-hydrogen) atoms. The summed E-state index contributed by atoms with van der Waals surface area (Å²) in [6, 6.07) is 12.0. The zero-order chi connectivity index (χ0) is 25.9. The van der Waals surface area contributed by atoms with E-state index < -0.39 is 0 Å². The summed E-state index contributed by atoms with van der Waals surface area (Å²) < 4.78 is 0. The molecule has 1 unspecified atom stereocenters. The van der Waals surface area contributed by atoms with Gasteiger partial charge in [-0.2, -0.15) is 0 Å². The molecule has 2 aromatic rings. The number of amides is 1. The number of nitrogens with zero attached hydrogens (tertiary/aromatic N) is 2. The van der Waals surface area contributed by atoms with E-state index in [1.165, 1.54) is 49.7 Å². The van der Waals surface area contributed by atoms with Crippen LogP contribution in [-0.4, -0.2) is 52.7 Å². The largest absolute Gasteiger partial charge is 0.508 e. The molecule has 1 amide bonds.